The number of aliphatic hydroxyl groups is 1. The molecule has 2 N–H and O–H groups in total. The predicted molar refractivity (Wildman–Crippen MR) is 86.8 cm³/mol. The Kier molecular flexibility index (Phi) is 4.20. The van der Waals surface area contributed by atoms with Crippen molar-refractivity contribution in [1.82, 2.24) is 4.72 Å². The number of amides is 1. The number of sulfonamides is 1. The highest BCUT2D eigenvalue weighted by atomic mass is 32.2. The van der Waals surface area contributed by atoms with Gasteiger partial charge in [0, 0.05) is 25.7 Å². The molecular formula is C16H22N2O4S. The van der Waals surface area contributed by atoms with E-state index in [1.807, 2.05) is 0 Å². The maximum absolute atomic E-state index is 12.4. The van der Waals surface area contributed by atoms with E-state index >= 15 is 0 Å². The lowest BCUT2D eigenvalue weighted by Gasteiger charge is -2.22. The molecule has 1 saturated carbocycles. The largest absolute Gasteiger partial charge is 0.389 e. The third kappa shape index (κ3) is 3.27. The van der Waals surface area contributed by atoms with Gasteiger partial charge in [0.25, 0.3) is 0 Å². The van der Waals surface area contributed by atoms with Crippen LogP contribution in [0.4, 0.5) is 5.69 Å². The standard InChI is InChI=1S/C16H22N2O4S/c1-12(19)18-9-6-13-10-14(4-5-15(13)18)23(21,22)17-11-16(20)7-2-3-8-16/h4-5,10,17,20H,2-3,6-9,11H2,1H3. The molecular weight excluding hydrogens is 316 g/mol. The zero-order valence-electron chi connectivity index (χ0n) is 13.2. The van der Waals surface area contributed by atoms with E-state index in [0.717, 1.165) is 24.1 Å². The van der Waals surface area contributed by atoms with Gasteiger partial charge in [-0.05, 0) is 43.0 Å². The highest BCUT2D eigenvalue weighted by molar-refractivity contribution is 7.89. The van der Waals surface area contributed by atoms with Crippen molar-refractivity contribution in [2.75, 3.05) is 18.0 Å². The average Bonchev–Trinajstić information content (AvgIpc) is 3.11. The van der Waals surface area contributed by atoms with Crippen LogP contribution in [-0.2, 0) is 21.2 Å². The third-order valence-electron chi connectivity index (χ3n) is 4.76. The van der Waals surface area contributed by atoms with Crippen LogP contribution in [0.15, 0.2) is 23.1 Å². The van der Waals surface area contributed by atoms with Gasteiger partial charge in [-0.25, -0.2) is 13.1 Å². The maximum Gasteiger partial charge on any atom is 0.240 e. The predicted octanol–water partition coefficient (Wildman–Crippen LogP) is 1.18. The van der Waals surface area contributed by atoms with Crippen molar-refractivity contribution < 1.29 is 18.3 Å². The van der Waals surface area contributed by atoms with E-state index in [4.69, 9.17) is 0 Å². The van der Waals surface area contributed by atoms with Crippen LogP contribution in [0.1, 0.15) is 38.2 Å². The fourth-order valence-corrected chi connectivity index (χ4v) is 4.56. The molecule has 0 bridgehead atoms. The Balaban J connectivity index is 1.77. The van der Waals surface area contributed by atoms with Gasteiger partial charge in [0.2, 0.25) is 15.9 Å². The minimum absolute atomic E-state index is 0.0408. The van der Waals surface area contributed by atoms with Gasteiger partial charge in [0.05, 0.1) is 10.5 Å². The minimum atomic E-state index is -3.66. The van der Waals surface area contributed by atoms with E-state index in [2.05, 4.69) is 4.72 Å². The van der Waals surface area contributed by atoms with Gasteiger partial charge in [-0.3, -0.25) is 4.79 Å². The Morgan fingerprint density at radius 1 is 1.35 bits per heavy atom. The molecule has 0 spiro atoms. The Bertz CT molecular complexity index is 724. The van der Waals surface area contributed by atoms with Crippen molar-refractivity contribution in [3.8, 4) is 0 Å². The summed E-state index contributed by atoms with van der Waals surface area (Å²) in [5.41, 5.74) is 0.725. The number of benzene rings is 1. The molecule has 1 fully saturated rings. The molecule has 3 rings (SSSR count). The van der Waals surface area contributed by atoms with E-state index in [9.17, 15) is 18.3 Å². The summed E-state index contributed by atoms with van der Waals surface area (Å²) in [6.45, 7) is 2.14. The van der Waals surface area contributed by atoms with Gasteiger partial charge in [-0.1, -0.05) is 12.8 Å². The second-order valence-electron chi connectivity index (χ2n) is 6.47. The van der Waals surface area contributed by atoms with Gasteiger partial charge in [-0.15, -0.1) is 0 Å². The molecule has 1 aromatic rings. The monoisotopic (exact) mass is 338 g/mol. The first kappa shape index (κ1) is 16.4. The van der Waals surface area contributed by atoms with Crippen LogP contribution in [-0.4, -0.2) is 38.1 Å². The highest BCUT2D eigenvalue weighted by Gasteiger charge is 2.33. The number of hydrogen-bond acceptors (Lipinski definition) is 4. The Labute approximate surface area is 136 Å². The summed E-state index contributed by atoms with van der Waals surface area (Å²) in [5.74, 6) is -0.0408. The van der Waals surface area contributed by atoms with Crippen molar-refractivity contribution in [2.45, 2.75) is 49.5 Å². The van der Waals surface area contributed by atoms with Crippen molar-refractivity contribution in [1.29, 1.82) is 0 Å². The fraction of sp³-hybridized carbons (Fsp3) is 0.562. The number of carbonyl (C=O) groups excluding carboxylic acids is 1. The first-order valence-electron chi connectivity index (χ1n) is 7.94. The summed E-state index contributed by atoms with van der Waals surface area (Å²) >= 11 is 0. The zero-order valence-corrected chi connectivity index (χ0v) is 14.0. The van der Waals surface area contributed by atoms with E-state index in [0.29, 0.717) is 25.8 Å². The van der Waals surface area contributed by atoms with Crippen LogP contribution in [0.25, 0.3) is 0 Å². The van der Waals surface area contributed by atoms with Crippen molar-refractivity contribution in [3.63, 3.8) is 0 Å². The Hall–Kier alpha value is -1.44. The van der Waals surface area contributed by atoms with E-state index in [1.54, 1.807) is 17.0 Å². The van der Waals surface area contributed by atoms with E-state index in [-0.39, 0.29) is 17.3 Å². The number of nitrogens with zero attached hydrogens (tertiary/aromatic N) is 1. The molecule has 1 aromatic carbocycles. The lowest BCUT2D eigenvalue weighted by atomic mass is 10.0. The molecule has 2 aliphatic rings. The molecule has 0 saturated heterocycles. The van der Waals surface area contributed by atoms with Crippen LogP contribution in [0.5, 0.6) is 0 Å². The van der Waals surface area contributed by atoms with Crippen molar-refractivity contribution in [3.05, 3.63) is 23.8 Å². The summed E-state index contributed by atoms with van der Waals surface area (Å²) in [6, 6.07) is 4.82. The Morgan fingerprint density at radius 2 is 2.04 bits per heavy atom. The van der Waals surface area contributed by atoms with Crippen molar-refractivity contribution in [2.24, 2.45) is 0 Å². The first-order valence-corrected chi connectivity index (χ1v) is 9.42. The molecule has 0 radical (unpaired) electrons. The van der Waals surface area contributed by atoms with Crippen molar-refractivity contribution >= 4 is 21.6 Å². The third-order valence-corrected chi connectivity index (χ3v) is 6.16. The number of carbonyl (C=O) groups is 1. The number of hydrogen-bond donors (Lipinski definition) is 2. The highest BCUT2D eigenvalue weighted by Crippen LogP contribution is 2.31. The van der Waals surface area contributed by atoms with Gasteiger partial charge in [-0.2, -0.15) is 0 Å². The normalized spacial score (nSPS) is 19.8. The number of rotatable bonds is 4. The molecule has 23 heavy (non-hydrogen) atoms. The molecule has 0 unspecified atom stereocenters. The van der Waals surface area contributed by atoms with Crippen LogP contribution in [0, 0.1) is 0 Å². The quantitative estimate of drug-likeness (QED) is 0.863. The lowest BCUT2D eigenvalue weighted by Crippen LogP contribution is -2.40. The number of nitrogens with one attached hydrogen (secondary N) is 1. The molecule has 7 heteroatoms. The minimum Gasteiger partial charge on any atom is -0.389 e. The summed E-state index contributed by atoms with van der Waals surface area (Å²) in [6.07, 6.45) is 3.78. The molecule has 1 aliphatic carbocycles. The molecule has 0 aromatic heterocycles. The number of anilines is 1. The second kappa shape index (κ2) is 5.89. The summed E-state index contributed by atoms with van der Waals surface area (Å²) in [4.78, 5) is 13.4. The topological polar surface area (TPSA) is 86.7 Å². The van der Waals surface area contributed by atoms with E-state index < -0.39 is 15.6 Å². The van der Waals surface area contributed by atoms with Gasteiger partial charge < -0.3 is 10.0 Å². The maximum atomic E-state index is 12.4. The fourth-order valence-electron chi connectivity index (χ4n) is 3.39. The lowest BCUT2D eigenvalue weighted by molar-refractivity contribution is -0.116. The van der Waals surface area contributed by atoms with Crippen LogP contribution >= 0.6 is 0 Å². The first-order chi connectivity index (χ1) is 10.8. The molecule has 1 aliphatic heterocycles. The van der Waals surface area contributed by atoms with Crippen LogP contribution in [0.2, 0.25) is 0 Å². The summed E-state index contributed by atoms with van der Waals surface area (Å²) in [5, 5.41) is 10.3. The Morgan fingerprint density at radius 3 is 2.70 bits per heavy atom. The second-order valence-corrected chi connectivity index (χ2v) is 8.23. The smallest absolute Gasteiger partial charge is 0.240 e. The molecule has 1 heterocycles. The SMILES string of the molecule is CC(=O)N1CCc2cc(S(=O)(=O)NCC3(O)CCCC3)ccc21. The number of fused-ring (bicyclic) bond motifs is 1. The zero-order chi connectivity index (χ0) is 16.7. The van der Waals surface area contributed by atoms with Gasteiger partial charge in [0.1, 0.15) is 0 Å². The molecule has 0 atom stereocenters. The van der Waals surface area contributed by atoms with Gasteiger partial charge >= 0.3 is 0 Å². The summed E-state index contributed by atoms with van der Waals surface area (Å²) < 4.78 is 27.4. The van der Waals surface area contributed by atoms with Crippen LogP contribution < -0.4 is 9.62 Å². The van der Waals surface area contributed by atoms with E-state index in [1.165, 1.54) is 13.0 Å². The summed E-state index contributed by atoms with van der Waals surface area (Å²) in [7, 11) is -3.66. The van der Waals surface area contributed by atoms with Gasteiger partial charge in [0.15, 0.2) is 0 Å². The molecule has 126 valence electrons. The average molecular weight is 338 g/mol. The molecule has 1 amide bonds. The van der Waals surface area contributed by atoms with Crippen LogP contribution in [0.3, 0.4) is 0 Å². The molecule has 6 nitrogen and oxygen atoms in total.